The maximum Gasteiger partial charge on any atom is 0.334 e. The first-order valence-electron chi connectivity index (χ1n) is 8.02. The number of rotatable bonds is 1. The molecule has 4 rings (SSSR count). The summed E-state index contributed by atoms with van der Waals surface area (Å²) in [7, 11) is 0. The van der Waals surface area contributed by atoms with Crippen molar-refractivity contribution in [2.24, 2.45) is 11.8 Å². The Morgan fingerprint density at radius 1 is 1.32 bits per heavy atom. The lowest BCUT2D eigenvalue weighted by Gasteiger charge is -2.38. The Labute approximate surface area is 130 Å². The molecule has 0 N–H and O–H groups in total. The first-order chi connectivity index (χ1) is 10.2. The minimum Gasteiger partial charge on any atom is -0.459 e. The predicted molar refractivity (Wildman–Crippen MR) is 76.9 cm³/mol. The van der Waals surface area contributed by atoms with Gasteiger partial charge in [0.05, 0.1) is 11.7 Å². The average molecular weight is 306 g/mol. The molecule has 22 heavy (non-hydrogen) atoms. The fourth-order valence-corrected chi connectivity index (χ4v) is 5.01. The Kier molecular flexibility index (Phi) is 2.68. The van der Waals surface area contributed by atoms with Crippen LogP contribution in [-0.4, -0.2) is 35.3 Å². The standard InChI is InChI=1S/C17H22O5/c1-8-10-5-12-11(6-14-17(12,4)22-14)16(3,21-9(2)18)7-13(10)20-15(8)19/h11-14H,5-7H2,1-4H3/t11-,12-,13+,14-,16-,17+/m1/s1. The molecular weight excluding hydrogens is 284 g/mol. The summed E-state index contributed by atoms with van der Waals surface area (Å²) >= 11 is 0. The molecule has 0 unspecified atom stereocenters. The highest BCUT2D eigenvalue weighted by Crippen LogP contribution is 2.63. The van der Waals surface area contributed by atoms with Gasteiger partial charge >= 0.3 is 11.9 Å². The minimum atomic E-state index is -0.604. The largest absolute Gasteiger partial charge is 0.459 e. The molecule has 0 bridgehead atoms. The van der Waals surface area contributed by atoms with E-state index in [1.54, 1.807) is 0 Å². The van der Waals surface area contributed by atoms with E-state index < -0.39 is 5.60 Å². The fraction of sp³-hybridized carbons (Fsp3) is 0.765. The van der Waals surface area contributed by atoms with E-state index in [1.165, 1.54) is 6.92 Å². The molecule has 5 nitrogen and oxygen atoms in total. The second kappa shape index (κ2) is 4.13. The van der Waals surface area contributed by atoms with Crippen molar-refractivity contribution in [1.29, 1.82) is 0 Å². The molecule has 3 fully saturated rings. The first-order valence-corrected chi connectivity index (χ1v) is 8.02. The van der Waals surface area contributed by atoms with Crippen LogP contribution < -0.4 is 0 Å². The van der Waals surface area contributed by atoms with Crippen molar-refractivity contribution >= 4 is 11.9 Å². The summed E-state index contributed by atoms with van der Waals surface area (Å²) in [5.74, 6) is 0.0115. The van der Waals surface area contributed by atoms with Crippen LogP contribution in [0.5, 0.6) is 0 Å². The van der Waals surface area contributed by atoms with Crippen molar-refractivity contribution in [3.8, 4) is 0 Å². The van der Waals surface area contributed by atoms with E-state index >= 15 is 0 Å². The second-order valence-corrected chi connectivity index (χ2v) is 7.60. The van der Waals surface area contributed by atoms with Gasteiger partial charge in [-0.3, -0.25) is 4.79 Å². The summed E-state index contributed by atoms with van der Waals surface area (Å²) in [6.07, 6.45) is 2.26. The molecule has 0 aromatic rings. The molecule has 2 heterocycles. The number of carbonyl (C=O) groups excluding carboxylic acids is 2. The summed E-state index contributed by atoms with van der Waals surface area (Å²) in [6.45, 7) is 7.42. The lowest BCUT2D eigenvalue weighted by molar-refractivity contribution is -0.169. The van der Waals surface area contributed by atoms with Gasteiger partial charge in [0, 0.05) is 30.8 Å². The Morgan fingerprint density at radius 3 is 2.73 bits per heavy atom. The number of hydrogen-bond acceptors (Lipinski definition) is 5. The quantitative estimate of drug-likeness (QED) is 0.548. The predicted octanol–water partition coefficient (Wildman–Crippen LogP) is 2.14. The van der Waals surface area contributed by atoms with Gasteiger partial charge in [-0.1, -0.05) is 0 Å². The van der Waals surface area contributed by atoms with Gasteiger partial charge in [-0.05, 0) is 39.2 Å². The third kappa shape index (κ3) is 1.75. The van der Waals surface area contributed by atoms with E-state index in [4.69, 9.17) is 14.2 Å². The van der Waals surface area contributed by atoms with E-state index in [1.807, 2.05) is 13.8 Å². The van der Waals surface area contributed by atoms with Crippen molar-refractivity contribution in [2.45, 2.75) is 70.4 Å². The minimum absolute atomic E-state index is 0.139. The van der Waals surface area contributed by atoms with Gasteiger partial charge in [-0.25, -0.2) is 4.79 Å². The molecule has 0 aromatic heterocycles. The fourth-order valence-electron chi connectivity index (χ4n) is 5.01. The molecule has 2 aliphatic heterocycles. The van der Waals surface area contributed by atoms with Gasteiger partial charge in [-0.15, -0.1) is 0 Å². The maximum atomic E-state index is 11.9. The maximum absolute atomic E-state index is 11.9. The van der Waals surface area contributed by atoms with Gasteiger partial charge in [0.2, 0.25) is 0 Å². The Hall–Kier alpha value is -1.36. The molecule has 6 atom stereocenters. The Balaban J connectivity index is 1.77. The Bertz CT molecular complexity index is 608. The molecule has 0 spiro atoms. The van der Waals surface area contributed by atoms with Crippen molar-refractivity contribution in [3.05, 3.63) is 11.1 Å². The summed E-state index contributed by atoms with van der Waals surface area (Å²) in [5, 5.41) is 0. The van der Waals surface area contributed by atoms with Crippen LogP contribution in [0.1, 0.15) is 47.0 Å². The van der Waals surface area contributed by atoms with Crippen molar-refractivity contribution in [2.75, 3.05) is 0 Å². The molecule has 2 saturated carbocycles. The molecular formula is C17H22O5. The van der Waals surface area contributed by atoms with Crippen molar-refractivity contribution < 1.29 is 23.8 Å². The number of ether oxygens (including phenoxy) is 3. The van der Waals surface area contributed by atoms with E-state index in [0.29, 0.717) is 6.42 Å². The number of carbonyl (C=O) groups is 2. The zero-order chi connectivity index (χ0) is 15.9. The molecule has 1 saturated heterocycles. The van der Waals surface area contributed by atoms with Crippen LogP contribution in [-0.2, 0) is 23.8 Å². The lowest BCUT2D eigenvalue weighted by Crippen LogP contribution is -2.44. The highest BCUT2D eigenvalue weighted by Gasteiger charge is 2.70. The normalized spacial score (nSPS) is 49.0. The van der Waals surface area contributed by atoms with Gasteiger partial charge in [0.15, 0.2) is 0 Å². The highest BCUT2D eigenvalue weighted by atomic mass is 16.6. The summed E-state index contributed by atoms with van der Waals surface area (Å²) < 4.78 is 17.2. The molecule has 0 radical (unpaired) electrons. The number of esters is 2. The van der Waals surface area contributed by atoms with Crippen LogP contribution in [0.2, 0.25) is 0 Å². The van der Waals surface area contributed by atoms with Crippen molar-refractivity contribution in [1.82, 2.24) is 0 Å². The van der Waals surface area contributed by atoms with Gasteiger partial charge in [0.1, 0.15) is 11.7 Å². The monoisotopic (exact) mass is 306 g/mol. The van der Waals surface area contributed by atoms with E-state index in [2.05, 4.69) is 6.92 Å². The summed E-state index contributed by atoms with van der Waals surface area (Å²) in [6, 6.07) is 0. The Morgan fingerprint density at radius 2 is 2.05 bits per heavy atom. The van der Waals surface area contributed by atoms with Crippen LogP contribution in [0.25, 0.3) is 0 Å². The van der Waals surface area contributed by atoms with Crippen LogP contribution in [0.3, 0.4) is 0 Å². The first kappa shape index (κ1) is 14.2. The smallest absolute Gasteiger partial charge is 0.334 e. The van der Waals surface area contributed by atoms with Gasteiger partial charge in [0.25, 0.3) is 0 Å². The molecule has 0 aromatic carbocycles. The van der Waals surface area contributed by atoms with E-state index in [-0.39, 0.29) is 41.6 Å². The summed E-state index contributed by atoms with van der Waals surface area (Å²) in [4.78, 5) is 23.6. The average Bonchev–Trinajstić information content (AvgIpc) is 2.92. The van der Waals surface area contributed by atoms with Gasteiger partial charge < -0.3 is 14.2 Å². The van der Waals surface area contributed by atoms with Crippen LogP contribution in [0.4, 0.5) is 0 Å². The third-order valence-electron chi connectivity index (χ3n) is 6.29. The highest BCUT2D eigenvalue weighted by molar-refractivity contribution is 5.91. The third-order valence-corrected chi connectivity index (χ3v) is 6.29. The van der Waals surface area contributed by atoms with Crippen LogP contribution >= 0.6 is 0 Å². The molecule has 120 valence electrons. The zero-order valence-electron chi connectivity index (χ0n) is 13.5. The molecule has 2 aliphatic carbocycles. The number of epoxide rings is 1. The summed E-state index contributed by atoms with van der Waals surface area (Å²) in [5.41, 5.74) is 1.06. The SMILES string of the molecule is CC(=O)O[C@]1(C)C[C@@H]2OC(=O)C(C)=C2C[C@@H]2[C@H]1C[C@H]1O[C@@]21C. The van der Waals surface area contributed by atoms with Gasteiger partial charge in [-0.2, -0.15) is 0 Å². The molecule has 4 aliphatic rings. The zero-order valence-corrected chi connectivity index (χ0v) is 13.5. The molecule has 5 heteroatoms. The lowest BCUT2D eigenvalue weighted by atomic mass is 9.76. The van der Waals surface area contributed by atoms with Crippen LogP contribution in [0.15, 0.2) is 11.1 Å². The molecule has 0 amide bonds. The second-order valence-electron chi connectivity index (χ2n) is 7.60. The van der Waals surface area contributed by atoms with E-state index in [0.717, 1.165) is 24.0 Å². The topological polar surface area (TPSA) is 65.1 Å². The van der Waals surface area contributed by atoms with Crippen LogP contribution in [0, 0.1) is 11.8 Å². The number of fused-ring (bicyclic) bond motifs is 4. The van der Waals surface area contributed by atoms with Crippen molar-refractivity contribution in [3.63, 3.8) is 0 Å². The number of hydrogen-bond donors (Lipinski definition) is 0. The van der Waals surface area contributed by atoms with E-state index in [9.17, 15) is 9.59 Å².